The van der Waals surface area contributed by atoms with Gasteiger partial charge in [0.15, 0.2) is 6.17 Å². The number of benzene rings is 2. The van der Waals surface area contributed by atoms with E-state index in [9.17, 15) is 4.79 Å². The zero-order valence-corrected chi connectivity index (χ0v) is 11.9. The molecule has 1 atom stereocenters. The first kappa shape index (κ1) is 13.0. The molecule has 0 unspecified atom stereocenters. The Labute approximate surface area is 128 Å². The van der Waals surface area contributed by atoms with E-state index in [1.54, 1.807) is 4.90 Å². The highest BCUT2D eigenvalue weighted by atomic mass is 16.5. The Kier molecular flexibility index (Phi) is 2.94. The topological polar surface area (TPSA) is 67.9 Å². The number of rotatable bonds is 1. The number of ether oxygens (including phenoxy) is 1. The van der Waals surface area contributed by atoms with Crippen LogP contribution >= 0.6 is 0 Å². The van der Waals surface area contributed by atoms with Gasteiger partial charge in [0.1, 0.15) is 12.4 Å². The van der Waals surface area contributed by atoms with Gasteiger partial charge in [-0.15, -0.1) is 0 Å². The molecule has 4 rings (SSSR count). The Balaban J connectivity index is 1.99. The summed E-state index contributed by atoms with van der Waals surface area (Å²) in [5, 5.41) is 0. The van der Waals surface area contributed by atoms with Gasteiger partial charge in [0.2, 0.25) is 0 Å². The first-order valence-electron chi connectivity index (χ1n) is 7.22. The Morgan fingerprint density at radius 3 is 2.77 bits per heavy atom. The number of hydrogen-bond acceptors (Lipinski definition) is 4. The standard InChI is InChI=1S/C17H15N3O2/c18-16-17(21)20-9-10-22-13-8-4-7-12(15(13)20)14(19-16)11-5-2-1-3-6-11/h1-8,16H,9-10,18H2/t16-/m0/s1. The van der Waals surface area contributed by atoms with Crippen LogP contribution in [0.25, 0.3) is 0 Å². The predicted molar refractivity (Wildman–Crippen MR) is 84.3 cm³/mol. The fourth-order valence-corrected chi connectivity index (χ4v) is 2.94. The maximum Gasteiger partial charge on any atom is 0.266 e. The molecular weight excluding hydrogens is 278 g/mol. The second kappa shape index (κ2) is 4.96. The maximum absolute atomic E-state index is 12.5. The molecule has 5 heteroatoms. The Hall–Kier alpha value is -2.66. The van der Waals surface area contributed by atoms with E-state index in [0.29, 0.717) is 18.9 Å². The number of hydrogen-bond donors (Lipinski definition) is 1. The molecule has 22 heavy (non-hydrogen) atoms. The van der Waals surface area contributed by atoms with Crippen molar-refractivity contribution in [3.05, 3.63) is 59.7 Å². The lowest BCUT2D eigenvalue weighted by atomic mass is 9.99. The second-order valence-corrected chi connectivity index (χ2v) is 5.28. The summed E-state index contributed by atoms with van der Waals surface area (Å²) in [7, 11) is 0. The molecule has 0 aliphatic carbocycles. The molecule has 0 spiro atoms. The van der Waals surface area contributed by atoms with E-state index in [0.717, 1.165) is 22.5 Å². The summed E-state index contributed by atoms with van der Waals surface area (Å²) >= 11 is 0. The van der Waals surface area contributed by atoms with Gasteiger partial charge in [0.05, 0.1) is 17.9 Å². The van der Waals surface area contributed by atoms with Gasteiger partial charge in [0.25, 0.3) is 5.91 Å². The highest BCUT2D eigenvalue weighted by Gasteiger charge is 2.34. The normalized spacial score (nSPS) is 19.9. The van der Waals surface area contributed by atoms with E-state index >= 15 is 0 Å². The average molecular weight is 293 g/mol. The monoisotopic (exact) mass is 293 g/mol. The number of nitrogens with zero attached hydrogens (tertiary/aromatic N) is 2. The number of para-hydroxylation sites is 1. The van der Waals surface area contributed by atoms with Crippen LogP contribution in [0.5, 0.6) is 5.75 Å². The minimum Gasteiger partial charge on any atom is -0.490 e. The average Bonchev–Trinajstić information content (AvgIpc) is 2.68. The molecule has 2 aromatic rings. The van der Waals surface area contributed by atoms with Gasteiger partial charge < -0.3 is 15.4 Å². The van der Waals surface area contributed by atoms with Crippen LogP contribution in [0.1, 0.15) is 11.1 Å². The highest BCUT2D eigenvalue weighted by molar-refractivity contribution is 6.20. The Bertz CT molecular complexity index is 771. The fraction of sp³-hybridized carbons (Fsp3) is 0.176. The van der Waals surface area contributed by atoms with Crippen LogP contribution in [0.2, 0.25) is 0 Å². The molecule has 2 aromatic carbocycles. The zero-order valence-electron chi connectivity index (χ0n) is 11.9. The smallest absolute Gasteiger partial charge is 0.266 e. The first-order valence-corrected chi connectivity index (χ1v) is 7.22. The molecule has 2 aliphatic heterocycles. The summed E-state index contributed by atoms with van der Waals surface area (Å²) in [5.74, 6) is 0.512. The molecule has 110 valence electrons. The van der Waals surface area contributed by atoms with Crippen LogP contribution in [-0.2, 0) is 4.79 Å². The van der Waals surface area contributed by atoms with Gasteiger partial charge in [-0.05, 0) is 6.07 Å². The zero-order chi connectivity index (χ0) is 15.1. The lowest BCUT2D eigenvalue weighted by Crippen LogP contribution is -2.45. The van der Waals surface area contributed by atoms with Gasteiger partial charge in [-0.2, -0.15) is 0 Å². The quantitative estimate of drug-likeness (QED) is 0.867. The van der Waals surface area contributed by atoms with Crippen molar-refractivity contribution < 1.29 is 9.53 Å². The summed E-state index contributed by atoms with van der Waals surface area (Å²) < 4.78 is 5.70. The van der Waals surface area contributed by atoms with Crippen molar-refractivity contribution in [1.29, 1.82) is 0 Å². The summed E-state index contributed by atoms with van der Waals surface area (Å²) in [6.07, 6.45) is -0.895. The number of carbonyl (C=O) groups is 1. The van der Waals surface area contributed by atoms with Crippen molar-refractivity contribution in [1.82, 2.24) is 0 Å². The Morgan fingerprint density at radius 2 is 1.95 bits per heavy atom. The van der Waals surface area contributed by atoms with Crippen LogP contribution < -0.4 is 15.4 Å². The maximum atomic E-state index is 12.5. The molecule has 0 saturated heterocycles. The summed E-state index contributed by atoms with van der Waals surface area (Å²) in [6, 6.07) is 15.5. The highest BCUT2D eigenvalue weighted by Crippen LogP contribution is 2.38. The molecule has 0 saturated carbocycles. The second-order valence-electron chi connectivity index (χ2n) is 5.28. The molecule has 5 nitrogen and oxygen atoms in total. The lowest BCUT2D eigenvalue weighted by Gasteiger charge is -2.30. The summed E-state index contributed by atoms with van der Waals surface area (Å²) in [4.78, 5) is 18.7. The number of amides is 1. The van der Waals surface area contributed by atoms with Crippen LogP contribution in [0.3, 0.4) is 0 Å². The van der Waals surface area contributed by atoms with E-state index in [1.807, 2.05) is 48.5 Å². The summed E-state index contributed by atoms with van der Waals surface area (Å²) in [6.45, 7) is 0.962. The number of nitrogens with two attached hydrogens (primary N) is 1. The van der Waals surface area contributed by atoms with Crippen LogP contribution in [0.4, 0.5) is 5.69 Å². The third-order valence-corrected chi connectivity index (χ3v) is 3.93. The SMILES string of the molecule is N[C@H]1N=C(c2ccccc2)c2cccc3c2N(CCO3)C1=O. The minimum atomic E-state index is -0.895. The molecular formula is C17H15N3O2. The summed E-state index contributed by atoms with van der Waals surface area (Å²) in [5.41, 5.74) is 9.32. The van der Waals surface area contributed by atoms with Crippen LogP contribution in [-0.4, -0.2) is 30.9 Å². The lowest BCUT2D eigenvalue weighted by molar-refractivity contribution is -0.119. The number of carbonyl (C=O) groups excluding carboxylic acids is 1. The molecule has 0 fully saturated rings. The van der Waals surface area contributed by atoms with Crippen LogP contribution in [0.15, 0.2) is 53.5 Å². The molecule has 2 aliphatic rings. The Morgan fingerprint density at radius 1 is 1.14 bits per heavy atom. The van der Waals surface area contributed by atoms with Gasteiger partial charge in [-0.1, -0.05) is 42.5 Å². The molecule has 0 radical (unpaired) electrons. The molecule has 0 bridgehead atoms. The largest absolute Gasteiger partial charge is 0.490 e. The number of anilines is 1. The predicted octanol–water partition coefficient (Wildman–Crippen LogP) is 1.55. The molecule has 1 amide bonds. The van der Waals surface area contributed by atoms with Gasteiger partial charge >= 0.3 is 0 Å². The molecule has 0 aromatic heterocycles. The minimum absolute atomic E-state index is 0.192. The number of aliphatic imine (C=N–C) groups is 1. The van der Waals surface area contributed by atoms with Gasteiger partial charge in [0, 0.05) is 11.1 Å². The molecule has 2 heterocycles. The van der Waals surface area contributed by atoms with E-state index < -0.39 is 6.17 Å². The van der Waals surface area contributed by atoms with E-state index in [1.165, 1.54) is 0 Å². The van der Waals surface area contributed by atoms with Crippen molar-refractivity contribution in [3.63, 3.8) is 0 Å². The molecule has 2 N–H and O–H groups in total. The van der Waals surface area contributed by atoms with Gasteiger partial charge in [-0.3, -0.25) is 9.79 Å². The van der Waals surface area contributed by atoms with Crippen molar-refractivity contribution in [3.8, 4) is 5.75 Å². The van der Waals surface area contributed by atoms with Crippen molar-refractivity contribution in [2.45, 2.75) is 6.17 Å². The van der Waals surface area contributed by atoms with Crippen molar-refractivity contribution in [2.75, 3.05) is 18.1 Å². The van der Waals surface area contributed by atoms with E-state index in [4.69, 9.17) is 10.5 Å². The first-order chi connectivity index (χ1) is 10.8. The fourth-order valence-electron chi connectivity index (χ4n) is 2.94. The van der Waals surface area contributed by atoms with Crippen molar-refractivity contribution in [2.24, 2.45) is 10.7 Å². The van der Waals surface area contributed by atoms with Crippen molar-refractivity contribution >= 4 is 17.3 Å². The third-order valence-electron chi connectivity index (χ3n) is 3.93. The van der Waals surface area contributed by atoms with Gasteiger partial charge in [-0.25, -0.2) is 0 Å². The van der Waals surface area contributed by atoms with E-state index in [2.05, 4.69) is 4.99 Å². The van der Waals surface area contributed by atoms with E-state index in [-0.39, 0.29) is 5.91 Å². The van der Waals surface area contributed by atoms with Crippen LogP contribution in [0, 0.1) is 0 Å². The third kappa shape index (κ3) is 1.90.